The first-order valence-electron chi connectivity index (χ1n) is 5.13. The fourth-order valence-electron chi connectivity index (χ4n) is 2.33. The van der Waals surface area contributed by atoms with Gasteiger partial charge in [0, 0.05) is 0 Å². The zero-order valence-corrected chi connectivity index (χ0v) is 8.75. The minimum Gasteiger partial charge on any atom is -0.460 e. The maximum absolute atomic E-state index is 11.5. The van der Waals surface area contributed by atoms with Crippen LogP contribution in [0.1, 0.15) is 13.8 Å². The third-order valence-electron chi connectivity index (χ3n) is 3.04. The Bertz CT molecular complexity index is 310. The van der Waals surface area contributed by atoms with Crippen LogP contribution in [0.25, 0.3) is 0 Å². The summed E-state index contributed by atoms with van der Waals surface area (Å²) in [7, 11) is 0. The van der Waals surface area contributed by atoms with Crippen molar-refractivity contribution in [1.82, 2.24) is 0 Å². The first-order chi connectivity index (χ1) is 7.19. The van der Waals surface area contributed by atoms with Crippen LogP contribution in [-0.4, -0.2) is 30.6 Å². The van der Waals surface area contributed by atoms with Gasteiger partial charge in [0.15, 0.2) is 0 Å². The van der Waals surface area contributed by atoms with Gasteiger partial charge in [0.1, 0.15) is 18.5 Å². The van der Waals surface area contributed by atoms with E-state index in [0.717, 1.165) is 6.29 Å². The molecule has 15 heavy (non-hydrogen) atoms. The van der Waals surface area contributed by atoms with E-state index >= 15 is 0 Å². The molecule has 4 heteroatoms. The molecule has 2 aliphatic heterocycles. The minimum absolute atomic E-state index is 0.250. The Morgan fingerprint density at radius 2 is 2.13 bits per heavy atom. The molecular weight excluding hydrogens is 196 g/mol. The minimum atomic E-state index is -0.418. The molecule has 0 spiro atoms. The van der Waals surface area contributed by atoms with Crippen LogP contribution in [0.2, 0.25) is 0 Å². The molecule has 2 aliphatic rings. The van der Waals surface area contributed by atoms with Gasteiger partial charge in [-0.05, 0) is 13.8 Å². The van der Waals surface area contributed by atoms with Crippen LogP contribution < -0.4 is 0 Å². The number of hydrogen-bond acceptors (Lipinski definition) is 4. The highest BCUT2D eigenvalue weighted by atomic mass is 16.6. The Labute approximate surface area is 88.2 Å². The van der Waals surface area contributed by atoms with Gasteiger partial charge >= 0.3 is 5.97 Å². The molecule has 2 fully saturated rings. The largest absolute Gasteiger partial charge is 0.460 e. The number of allylic oxidation sites excluding steroid dienone is 1. The molecule has 0 unspecified atom stereocenters. The average Bonchev–Trinajstić information content (AvgIpc) is 2.67. The second-order valence-corrected chi connectivity index (χ2v) is 3.97. The first kappa shape index (κ1) is 10.4. The van der Waals surface area contributed by atoms with Crippen LogP contribution >= 0.6 is 0 Å². The lowest BCUT2D eigenvalue weighted by molar-refractivity contribution is -0.147. The predicted molar refractivity (Wildman–Crippen MR) is 52.1 cm³/mol. The van der Waals surface area contributed by atoms with E-state index in [4.69, 9.17) is 9.47 Å². The summed E-state index contributed by atoms with van der Waals surface area (Å²) in [6.07, 6.45) is 3.65. The summed E-state index contributed by atoms with van der Waals surface area (Å²) >= 11 is 0. The van der Waals surface area contributed by atoms with Crippen LogP contribution in [0, 0.1) is 11.8 Å². The summed E-state index contributed by atoms with van der Waals surface area (Å²) in [5, 5.41) is 0. The van der Waals surface area contributed by atoms with Crippen molar-refractivity contribution in [3.8, 4) is 0 Å². The first-order valence-corrected chi connectivity index (χ1v) is 5.13. The lowest BCUT2D eigenvalue weighted by atomic mass is 9.88. The lowest BCUT2D eigenvalue weighted by Crippen LogP contribution is -2.25. The number of rotatable bonds is 2. The molecule has 0 aromatic carbocycles. The van der Waals surface area contributed by atoms with E-state index in [1.54, 1.807) is 6.92 Å². The molecule has 82 valence electrons. The van der Waals surface area contributed by atoms with Crippen molar-refractivity contribution in [3.05, 3.63) is 12.2 Å². The van der Waals surface area contributed by atoms with E-state index in [9.17, 15) is 9.59 Å². The second kappa shape index (κ2) is 3.77. The van der Waals surface area contributed by atoms with Gasteiger partial charge in [-0.1, -0.05) is 12.2 Å². The molecule has 2 rings (SSSR count). The number of cyclic esters (lactones) is 1. The van der Waals surface area contributed by atoms with E-state index in [1.165, 1.54) is 0 Å². The van der Waals surface area contributed by atoms with Gasteiger partial charge < -0.3 is 14.3 Å². The van der Waals surface area contributed by atoms with E-state index in [1.807, 2.05) is 19.1 Å². The van der Waals surface area contributed by atoms with Crippen molar-refractivity contribution >= 4 is 12.3 Å². The summed E-state index contributed by atoms with van der Waals surface area (Å²) < 4.78 is 10.7. The fraction of sp³-hybridized carbons (Fsp3) is 0.636. The molecule has 2 heterocycles. The molecule has 0 aliphatic carbocycles. The zero-order chi connectivity index (χ0) is 11.0. The van der Waals surface area contributed by atoms with E-state index in [-0.39, 0.29) is 24.3 Å². The third kappa shape index (κ3) is 1.49. The number of ether oxygens (including phenoxy) is 2. The number of esters is 1. The summed E-state index contributed by atoms with van der Waals surface area (Å²) in [5.41, 5.74) is 0. The van der Waals surface area contributed by atoms with E-state index in [0.29, 0.717) is 0 Å². The average molecular weight is 210 g/mol. The molecule has 2 saturated heterocycles. The third-order valence-corrected chi connectivity index (χ3v) is 3.04. The molecule has 0 saturated carbocycles. The van der Waals surface area contributed by atoms with Gasteiger partial charge in [0.05, 0.1) is 17.9 Å². The number of carbonyl (C=O) groups is 2. The summed E-state index contributed by atoms with van der Waals surface area (Å²) in [4.78, 5) is 22.5. The molecule has 0 bridgehead atoms. The van der Waals surface area contributed by atoms with Gasteiger partial charge in [0.2, 0.25) is 0 Å². The number of hydrogen-bond donors (Lipinski definition) is 0. The Kier molecular flexibility index (Phi) is 2.61. The number of aldehydes is 1. The molecule has 4 nitrogen and oxygen atoms in total. The standard InChI is InChI=1S/C11H14O4/c1-3-4-8-7(5-12)9-10(15-8)6(2)14-11(9)13/h3-10H,1-2H3/b4-3+/t6-,7-,8-,9+,10+/m0/s1. The maximum atomic E-state index is 11.5. The molecule has 0 aromatic heterocycles. The fourth-order valence-corrected chi connectivity index (χ4v) is 2.33. The van der Waals surface area contributed by atoms with Crippen LogP contribution in [0.3, 0.4) is 0 Å². The molecule has 0 amide bonds. The monoisotopic (exact) mass is 210 g/mol. The maximum Gasteiger partial charge on any atom is 0.312 e. The summed E-state index contributed by atoms with van der Waals surface area (Å²) in [5.74, 6) is -1.13. The Hall–Kier alpha value is -1.16. The Morgan fingerprint density at radius 3 is 2.73 bits per heavy atom. The summed E-state index contributed by atoms with van der Waals surface area (Å²) in [6, 6.07) is 0. The SMILES string of the molecule is C/C=C/[C@@H]1O[C@H]2[C@H](C(=O)O[C@H]2C)[C@H]1C=O. The van der Waals surface area contributed by atoms with E-state index < -0.39 is 11.8 Å². The van der Waals surface area contributed by atoms with Crippen LogP contribution in [0.15, 0.2) is 12.2 Å². The van der Waals surface area contributed by atoms with Crippen molar-refractivity contribution in [1.29, 1.82) is 0 Å². The van der Waals surface area contributed by atoms with Crippen molar-refractivity contribution in [2.75, 3.05) is 0 Å². The quantitative estimate of drug-likeness (QED) is 0.382. The molecular formula is C11H14O4. The normalized spacial score (nSPS) is 44.4. The van der Waals surface area contributed by atoms with Crippen molar-refractivity contribution in [2.24, 2.45) is 11.8 Å². The molecule has 0 radical (unpaired) electrons. The topological polar surface area (TPSA) is 52.6 Å². The Morgan fingerprint density at radius 1 is 1.40 bits per heavy atom. The van der Waals surface area contributed by atoms with Gasteiger partial charge in [-0.25, -0.2) is 0 Å². The molecule has 5 atom stereocenters. The van der Waals surface area contributed by atoms with Crippen molar-refractivity contribution < 1.29 is 19.1 Å². The molecule has 0 aromatic rings. The lowest BCUT2D eigenvalue weighted by Gasteiger charge is -2.14. The van der Waals surface area contributed by atoms with Crippen LogP contribution in [0.5, 0.6) is 0 Å². The van der Waals surface area contributed by atoms with Gasteiger partial charge in [-0.2, -0.15) is 0 Å². The second-order valence-electron chi connectivity index (χ2n) is 3.97. The van der Waals surface area contributed by atoms with Gasteiger partial charge in [-0.3, -0.25) is 4.79 Å². The van der Waals surface area contributed by atoms with Crippen LogP contribution in [0.4, 0.5) is 0 Å². The molecule has 0 N–H and O–H groups in total. The van der Waals surface area contributed by atoms with Gasteiger partial charge in [0.25, 0.3) is 0 Å². The zero-order valence-electron chi connectivity index (χ0n) is 8.75. The van der Waals surface area contributed by atoms with E-state index in [2.05, 4.69) is 0 Å². The highest BCUT2D eigenvalue weighted by Crippen LogP contribution is 2.40. The van der Waals surface area contributed by atoms with Crippen molar-refractivity contribution in [3.63, 3.8) is 0 Å². The smallest absolute Gasteiger partial charge is 0.312 e. The predicted octanol–water partition coefficient (Wildman–Crippen LogP) is 0.707. The highest BCUT2D eigenvalue weighted by molar-refractivity contribution is 5.81. The Balaban J connectivity index is 2.25. The van der Waals surface area contributed by atoms with Gasteiger partial charge in [-0.15, -0.1) is 0 Å². The highest BCUT2D eigenvalue weighted by Gasteiger charge is 2.55. The number of carbonyl (C=O) groups excluding carboxylic acids is 2. The summed E-state index contributed by atoms with van der Waals surface area (Å²) in [6.45, 7) is 3.66. The van der Waals surface area contributed by atoms with Crippen molar-refractivity contribution in [2.45, 2.75) is 32.2 Å². The van der Waals surface area contributed by atoms with Crippen LogP contribution in [-0.2, 0) is 19.1 Å². The number of fused-ring (bicyclic) bond motifs is 1.